The van der Waals surface area contributed by atoms with Gasteiger partial charge in [-0.2, -0.15) is 0 Å². The summed E-state index contributed by atoms with van der Waals surface area (Å²) in [7, 11) is 0. The minimum absolute atomic E-state index is 0.0742. The summed E-state index contributed by atoms with van der Waals surface area (Å²) in [5.41, 5.74) is 3.61. The number of rotatable bonds is 3. The second-order valence-electron chi connectivity index (χ2n) is 6.70. The molecule has 0 atom stereocenters. The summed E-state index contributed by atoms with van der Waals surface area (Å²) in [6.07, 6.45) is 4.54. The number of carbonyl (C=O) groups is 1. The van der Waals surface area contributed by atoms with Crippen LogP contribution in [0.2, 0.25) is 0 Å². The molecule has 0 saturated carbocycles. The van der Waals surface area contributed by atoms with E-state index in [-0.39, 0.29) is 11.7 Å². The molecule has 1 fully saturated rings. The maximum absolute atomic E-state index is 13.0. The van der Waals surface area contributed by atoms with E-state index in [0.717, 1.165) is 48.9 Å². The van der Waals surface area contributed by atoms with Crippen LogP contribution in [0.15, 0.2) is 48.8 Å². The van der Waals surface area contributed by atoms with Crippen LogP contribution in [0, 0.1) is 11.7 Å². The van der Waals surface area contributed by atoms with Crippen molar-refractivity contribution < 1.29 is 9.18 Å². The number of piperidine rings is 1. The van der Waals surface area contributed by atoms with Crippen LogP contribution in [0.4, 0.5) is 4.39 Å². The number of likely N-dealkylation sites (tertiary alicyclic amines) is 1. The summed E-state index contributed by atoms with van der Waals surface area (Å²) in [5, 5.41) is 0. The molecule has 0 bridgehead atoms. The van der Waals surface area contributed by atoms with Gasteiger partial charge in [0.05, 0.1) is 17.4 Å². The summed E-state index contributed by atoms with van der Waals surface area (Å²) in [5.74, 6) is 0.423. The van der Waals surface area contributed by atoms with E-state index in [0.29, 0.717) is 11.5 Å². The Hall–Kier alpha value is -2.69. The first-order valence-electron chi connectivity index (χ1n) is 8.66. The van der Waals surface area contributed by atoms with E-state index < -0.39 is 0 Å². The molecule has 2 heterocycles. The highest BCUT2D eigenvalue weighted by Gasteiger charge is 2.24. The number of aromatic amines is 1. The van der Waals surface area contributed by atoms with Crippen LogP contribution < -0.4 is 0 Å². The van der Waals surface area contributed by atoms with Crippen LogP contribution in [-0.2, 0) is 6.42 Å². The highest BCUT2D eigenvalue weighted by atomic mass is 19.1. The van der Waals surface area contributed by atoms with Gasteiger partial charge in [0, 0.05) is 18.7 Å². The third-order valence-electron chi connectivity index (χ3n) is 5.01. The Labute approximate surface area is 145 Å². The molecule has 1 aliphatic rings. The summed E-state index contributed by atoms with van der Waals surface area (Å²) in [6, 6.07) is 12.3. The molecule has 5 heteroatoms. The number of carbonyl (C=O) groups excluding carboxylic acids is 1. The van der Waals surface area contributed by atoms with Crippen molar-refractivity contribution >= 4 is 16.9 Å². The molecular weight excluding hydrogens is 317 g/mol. The fourth-order valence-electron chi connectivity index (χ4n) is 3.54. The molecule has 4 nitrogen and oxygen atoms in total. The predicted octanol–water partition coefficient (Wildman–Crippen LogP) is 3.80. The third kappa shape index (κ3) is 3.40. The minimum Gasteiger partial charge on any atom is -0.345 e. The van der Waals surface area contributed by atoms with Crippen molar-refractivity contribution in [3.05, 3.63) is 65.7 Å². The molecule has 25 heavy (non-hydrogen) atoms. The average molecular weight is 337 g/mol. The van der Waals surface area contributed by atoms with Gasteiger partial charge in [0.2, 0.25) is 0 Å². The summed E-state index contributed by atoms with van der Waals surface area (Å²) < 4.78 is 13.0. The molecule has 1 amide bonds. The van der Waals surface area contributed by atoms with Gasteiger partial charge >= 0.3 is 0 Å². The quantitative estimate of drug-likeness (QED) is 0.790. The van der Waals surface area contributed by atoms with Gasteiger partial charge in [-0.15, -0.1) is 0 Å². The van der Waals surface area contributed by atoms with Crippen molar-refractivity contribution in [3.8, 4) is 0 Å². The molecular formula is C20H20FN3O. The standard InChI is InChI=1S/C20H20FN3O/c21-17-4-1-14(2-5-17)11-15-7-9-24(10-8-15)20(25)16-3-6-18-19(12-16)23-13-22-18/h1-6,12-13,15H,7-11H2,(H,22,23). The largest absolute Gasteiger partial charge is 0.345 e. The molecule has 1 saturated heterocycles. The van der Waals surface area contributed by atoms with Gasteiger partial charge in [-0.05, 0) is 61.1 Å². The molecule has 4 rings (SSSR count). The number of nitrogens with zero attached hydrogens (tertiary/aromatic N) is 2. The van der Waals surface area contributed by atoms with Gasteiger partial charge < -0.3 is 9.88 Å². The first-order chi connectivity index (χ1) is 12.2. The smallest absolute Gasteiger partial charge is 0.253 e. The van der Waals surface area contributed by atoms with Crippen molar-refractivity contribution in [1.29, 1.82) is 0 Å². The molecule has 128 valence electrons. The highest BCUT2D eigenvalue weighted by Crippen LogP contribution is 2.23. The SMILES string of the molecule is O=C(c1ccc2[nH]cnc2c1)N1CCC(Cc2ccc(F)cc2)CC1. The summed E-state index contributed by atoms with van der Waals surface area (Å²) in [4.78, 5) is 21.9. The number of aromatic nitrogens is 2. The second-order valence-corrected chi connectivity index (χ2v) is 6.70. The summed E-state index contributed by atoms with van der Waals surface area (Å²) in [6.45, 7) is 1.53. The first-order valence-corrected chi connectivity index (χ1v) is 8.66. The highest BCUT2D eigenvalue weighted by molar-refractivity contribution is 5.97. The van der Waals surface area contributed by atoms with Crippen LogP contribution in [0.25, 0.3) is 11.0 Å². The number of hydrogen-bond acceptors (Lipinski definition) is 2. The lowest BCUT2D eigenvalue weighted by Gasteiger charge is -2.32. The molecule has 1 aromatic heterocycles. The third-order valence-corrected chi connectivity index (χ3v) is 5.01. The van der Waals surface area contributed by atoms with E-state index in [4.69, 9.17) is 0 Å². The topological polar surface area (TPSA) is 49.0 Å². The maximum atomic E-state index is 13.0. The van der Waals surface area contributed by atoms with Crippen molar-refractivity contribution in [2.24, 2.45) is 5.92 Å². The van der Waals surface area contributed by atoms with Crippen molar-refractivity contribution in [3.63, 3.8) is 0 Å². The molecule has 0 spiro atoms. The Bertz CT molecular complexity index is 879. The monoisotopic (exact) mass is 337 g/mol. The predicted molar refractivity (Wildman–Crippen MR) is 94.8 cm³/mol. The molecule has 3 aromatic rings. The lowest BCUT2D eigenvalue weighted by atomic mass is 9.90. The van der Waals surface area contributed by atoms with Crippen LogP contribution in [0.1, 0.15) is 28.8 Å². The number of imidazole rings is 1. The zero-order chi connectivity index (χ0) is 17.2. The number of halogens is 1. The first kappa shape index (κ1) is 15.8. The number of fused-ring (bicyclic) bond motifs is 1. The van der Waals surface area contributed by atoms with Gasteiger partial charge in [0.15, 0.2) is 0 Å². The molecule has 1 N–H and O–H groups in total. The van der Waals surface area contributed by atoms with Crippen LogP contribution in [0.5, 0.6) is 0 Å². The fraction of sp³-hybridized carbons (Fsp3) is 0.300. The molecule has 0 unspecified atom stereocenters. The van der Waals surface area contributed by atoms with Crippen molar-refractivity contribution in [1.82, 2.24) is 14.9 Å². The van der Waals surface area contributed by atoms with E-state index in [9.17, 15) is 9.18 Å². The fourth-order valence-corrected chi connectivity index (χ4v) is 3.54. The van der Waals surface area contributed by atoms with Crippen LogP contribution in [-0.4, -0.2) is 33.9 Å². The van der Waals surface area contributed by atoms with Crippen LogP contribution >= 0.6 is 0 Å². The Morgan fingerprint density at radius 1 is 1.16 bits per heavy atom. The molecule has 0 radical (unpaired) electrons. The Kier molecular flexibility index (Phi) is 4.22. The van der Waals surface area contributed by atoms with Gasteiger partial charge in [0.25, 0.3) is 5.91 Å². The zero-order valence-electron chi connectivity index (χ0n) is 13.9. The average Bonchev–Trinajstić information content (AvgIpc) is 3.11. The molecule has 1 aliphatic heterocycles. The van der Waals surface area contributed by atoms with Crippen molar-refractivity contribution in [2.45, 2.75) is 19.3 Å². The van der Waals surface area contributed by atoms with E-state index in [1.165, 1.54) is 12.1 Å². The number of amides is 1. The zero-order valence-corrected chi connectivity index (χ0v) is 13.9. The van der Waals surface area contributed by atoms with Gasteiger partial charge in [0.1, 0.15) is 5.82 Å². The molecule has 0 aliphatic carbocycles. The van der Waals surface area contributed by atoms with Crippen molar-refractivity contribution in [2.75, 3.05) is 13.1 Å². The van der Waals surface area contributed by atoms with E-state index in [1.807, 2.05) is 35.2 Å². The van der Waals surface area contributed by atoms with Gasteiger partial charge in [-0.1, -0.05) is 12.1 Å². The Balaban J connectivity index is 1.37. The number of H-pyrrole nitrogens is 1. The minimum atomic E-state index is -0.196. The second kappa shape index (κ2) is 6.67. The lowest BCUT2D eigenvalue weighted by molar-refractivity contribution is 0.0690. The number of nitrogens with one attached hydrogen (secondary N) is 1. The van der Waals surface area contributed by atoms with Crippen LogP contribution in [0.3, 0.4) is 0 Å². The number of hydrogen-bond donors (Lipinski definition) is 1. The Morgan fingerprint density at radius 2 is 1.92 bits per heavy atom. The lowest BCUT2D eigenvalue weighted by Crippen LogP contribution is -2.38. The Morgan fingerprint density at radius 3 is 2.68 bits per heavy atom. The number of benzene rings is 2. The summed E-state index contributed by atoms with van der Waals surface area (Å²) >= 11 is 0. The van der Waals surface area contributed by atoms with E-state index >= 15 is 0 Å². The van der Waals surface area contributed by atoms with Gasteiger partial charge in [-0.3, -0.25) is 4.79 Å². The maximum Gasteiger partial charge on any atom is 0.253 e. The van der Waals surface area contributed by atoms with E-state index in [1.54, 1.807) is 6.33 Å². The normalized spacial score (nSPS) is 15.6. The van der Waals surface area contributed by atoms with E-state index in [2.05, 4.69) is 9.97 Å². The van der Waals surface area contributed by atoms with Gasteiger partial charge in [-0.25, -0.2) is 9.37 Å². The molecule has 2 aromatic carbocycles.